The first-order valence-corrected chi connectivity index (χ1v) is 6.41. The molecule has 7 heteroatoms. The van der Waals surface area contributed by atoms with Crippen LogP contribution < -0.4 is 10.1 Å². The summed E-state index contributed by atoms with van der Waals surface area (Å²) in [4.78, 5) is 37.3. The van der Waals surface area contributed by atoms with Crippen LogP contribution in [0.15, 0.2) is 24.3 Å². The van der Waals surface area contributed by atoms with Gasteiger partial charge in [0.25, 0.3) is 0 Å². The zero-order valence-electron chi connectivity index (χ0n) is 12.1. The molecule has 0 spiro atoms. The number of hydrogen-bond acceptors (Lipinski definition) is 5. The molecule has 1 aliphatic heterocycles. The Morgan fingerprint density at radius 1 is 1.29 bits per heavy atom. The number of nitrogens with zero attached hydrogens (tertiary/aromatic N) is 2. The number of carbonyl (C=O) groups excluding carboxylic acids is 3. The van der Waals surface area contributed by atoms with Crippen molar-refractivity contribution in [1.82, 2.24) is 15.1 Å². The predicted molar refractivity (Wildman–Crippen MR) is 74.7 cm³/mol. The second kappa shape index (κ2) is 5.92. The minimum atomic E-state index is -0.886. The molecule has 0 radical (unpaired) electrons. The maximum Gasteiger partial charge on any atom is 0.331 e. The van der Waals surface area contributed by atoms with Gasteiger partial charge in [0.2, 0.25) is 0 Å². The number of imide groups is 2. The second-order valence-corrected chi connectivity index (χ2v) is 4.93. The number of methoxy groups -OCH3 is 1. The van der Waals surface area contributed by atoms with Gasteiger partial charge in [0.1, 0.15) is 5.75 Å². The quantitative estimate of drug-likeness (QED) is 0.626. The van der Waals surface area contributed by atoms with E-state index in [-0.39, 0.29) is 12.6 Å². The zero-order chi connectivity index (χ0) is 15.6. The maximum absolute atomic E-state index is 11.7. The number of hydrogen-bond donors (Lipinski definition) is 1. The fourth-order valence-electron chi connectivity index (χ4n) is 2.19. The molecule has 21 heavy (non-hydrogen) atoms. The number of carbonyl (C=O) groups is 3. The van der Waals surface area contributed by atoms with Gasteiger partial charge in [-0.15, -0.1) is 0 Å². The molecule has 4 amide bonds. The normalized spacial score (nSPS) is 16.4. The van der Waals surface area contributed by atoms with Crippen molar-refractivity contribution in [2.75, 3.05) is 27.7 Å². The lowest BCUT2D eigenvalue weighted by Crippen LogP contribution is -2.39. The Kier molecular flexibility index (Phi) is 4.23. The molecule has 1 aliphatic rings. The number of benzene rings is 1. The van der Waals surface area contributed by atoms with Gasteiger partial charge in [-0.3, -0.25) is 19.8 Å². The summed E-state index contributed by atoms with van der Waals surface area (Å²) >= 11 is 0. The van der Waals surface area contributed by atoms with Crippen LogP contribution in [0.2, 0.25) is 0 Å². The lowest BCUT2D eigenvalue weighted by atomic mass is 10.1. The van der Waals surface area contributed by atoms with Gasteiger partial charge in [0.05, 0.1) is 19.7 Å². The number of urea groups is 1. The molecule has 0 aromatic heterocycles. The highest BCUT2D eigenvalue weighted by Gasteiger charge is 2.38. The molecule has 7 nitrogen and oxygen atoms in total. The molecule has 1 aromatic carbocycles. The molecule has 2 rings (SSSR count). The summed E-state index contributed by atoms with van der Waals surface area (Å²) in [6.45, 7) is 0.0938. The van der Waals surface area contributed by atoms with Gasteiger partial charge in [-0.2, -0.15) is 0 Å². The van der Waals surface area contributed by atoms with Crippen molar-refractivity contribution in [2.24, 2.45) is 0 Å². The van der Waals surface area contributed by atoms with E-state index in [1.807, 2.05) is 48.6 Å². The Bertz CT molecular complexity index is 585. The Hall–Kier alpha value is -2.41. The standard InChI is InChI=1S/C14H17N3O4/c1-16(2)11(9-5-4-6-10(7-9)21-3)8-17-13(19)12(18)15-14(17)20/h4-7,11H,8H2,1-3H3,(H,15,18,20). The number of amides is 4. The predicted octanol–water partition coefficient (Wildman–Crippen LogP) is 0.376. The van der Waals surface area contributed by atoms with E-state index in [0.29, 0.717) is 5.75 Å². The molecule has 0 saturated carbocycles. The van der Waals surface area contributed by atoms with Crippen molar-refractivity contribution in [3.8, 4) is 5.75 Å². The molecule has 1 aromatic rings. The van der Waals surface area contributed by atoms with Crippen LogP contribution in [0.25, 0.3) is 0 Å². The zero-order valence-corrected chi connectivity index (χ0v) is 12.1. The SMILES string of the molecule is COc1cccc(C(CN2C(=O)NC(=O)C2=O)N(C)C)c1. The van der Waals surface area contributed by atoms with E-state index < -0.39 is 17.8 Å². The highest BCUT2D eigenvalue weighted by Crippen LogP contribution is 2.24. The average Bonchev–Trinajstić information content (AvgIpc) is 2.69. The molecule has 1 fully saturated rings. The third-order valence-corrected chi connectivity index (χ3v) is 3.36. The van der Waals surface area contributed by atoms with E-state index >= 15 is 0 Å². The number of ether oxygens (including phenoxy) is 1. The summed E-state index contributed by atoms with van der Waals surface area (Å²) in [5.41, 5.74) is 0.888. The van der Waals surface area contributed by atoms with E-state index in [0.717, 1.165) is 10.5 Å². The Morgan fingerprint density at radius 3 is 2.52 bits per heavy atom. The molecular formula is C14H17N3O4. The lowest BCUT2D eigenvalue weighted by molar-refractivity contribution is -0.140. The van der Waals surface area contributed by atoms with E-state index in [9.17, 15) is 14.4 Å². The summed E-state index contributed by atoms with van der Waals surface area (Å²) in [5, 5.41) is 1.99. The summed E-state index contributed by atoms with van der Waals surface area (Å²) in [6.07, 6.45) is 0. The third-order valence-electron chi connectivity index (χ3n) is 3.36. The van der Waals surface area contributed by atoms with Gasteiger partial charge < -0.3 is 9.64 Å². The van der Waals surface area contributed by atoms with Gasteiger partial charge in [-0.1, -0.05) is 12.1 Å². The number of likely N-dealkylation sites (N-methyl/N-ethyl adjacent to an activating group) is 1. The van der Waals surface area contributed by atoms with Crippen LogP contribution in [0.3, 0.4) is 0 Å². The van der Waals surface area contributed by atoms with Crippen molar-refractivity contribution in [3.63, 3.8) is 0 Å². The fraction of sp³-hybridized carbons (Fsp3) is 0.357. The lowest BCUT2D eigenvalue weighted by Gasteiger charge is -2.27. The van der Waals surface area contributed by atoms with Crippen LogP contribution >= 0.6 is 0 Å². The minimum Gasteiger partial charge on any atom is -0.497 e. The Balaban J connectivity index is 2.25. The summed E-state index contributed by atoms with van der Waals surface area (Å²) in [6, 6.07) is 6.45. The Morgan fingerprint density at radius 2 is 2.00 bits per heavy atom. The van der Waals surface area contributed by atoms with E-state index in [4.69, 9.17) is 4.74 Å². The fourth-order valence-corrected chi connectivity index (χ4v) is 2.19. The Labute approximate surface area is 122 Å². The van der Waals surface area contributed by atoms with E-state index in [1.165, 1.54) is 0 Å². The largest absolute Gasteiger partial charge is 0.497 e. The molecule has 1 unspecified atom stereocenters. The molecular weight excluding hydrogens is 274 g/mol. The first-order chi connectivity index (χ1) is 9.93. The summed E-state index contributed by atoms with van der Waals surface area (Å²) < 4.78 is 5.18. The van der Waals surface area contributed by atoms with Gasteiger partial charge in [-0.25, -0.2) is 4.79 Å². The summed E-state index contributed by atoms with van der Waals surface area (Å²) in [7, 11) is 5.24. The number of rotatable bonds is 5. The van der Waals surface area contributed by atoms with Crippen LogP contribution in [0.5, 0.6) is 5.75 Å². The first-order valence-electron chi connectivity index (χ1n) is 6.41. The van der Waals surface area contributed by atoms with Crippen LogP contribution in [0.1, 0.15) is 11.6 Å². The smallest absolute Gasteiger partial charge is 0.331 e. The highest BCUT2D eigenvalue weighted by molar-refractivity contribution is 6.44. The van der Waals surface area contributed by atoms with Crippen LogP contribution in [-0.2, 0) is 9.59 Å². The van der Waals surface area contributed by atoms with E-state index in [2.05, 4.69) is 0 Å². The molecule has 112 valence electrons. The highest BCUT2D eigenvalue weighted by atomic mass is 16.5. The van der Waals surface area contributed by atoms with Gasteiger partial charge in [0, 0.05) is 0 Å². The maximum atomic E-state index is 11.7. The van der Waals surface area contributed by atoms with Crippen LogP contribution in [0.4, 0.5) is 4.79 Å². The molecule has 1 saturated heterocycles. The molecule has 1 atom stereocenters. The molecule has 0 bridgehead atoms. The van der Waals surface area contributed by atoms with Gasteiger partial charge in [0.15, 0.2) is 0 Å². The second-order valence-electron chi connectivity index (χ2n) is 4.93. The van der Waals surface area contributed by atoms with Crippen molar-refractivity contribution >= 4 is 17.8 Å². The van der Waals surface area contributed by atoms with Gasteiger partial charge >= 0.3 is 17.8 Å². The third kappa shape index (κ3) is 3.03. The molecule has 1 N–H and O–H groups in total. The van der Waals surface area contributed by atoms with Crippen molar-refractivity contribution in [3.05, 3.63) is 29.8 Å². The van der Waals surface area contributed by atoms with Crippen LogP contribution in [0, 0.1) is 0 Å². The number of nitrogens with one attached hydrogen (secondary N) is 1. The average molecular weight is 291 g/mol. The van der Waals surface area contributed by atoms with Crippen molar-refractivity contribution < 1.29 is 19.1 Å². The first kappa shape index (κ1) is 15.0. The topological polar surface area (TPSA) is 79.0 Å². The molecule has 1 heterocycles. The molecule has 0 aliphatic carbocycles. The monoisotopic (exact) mass is 291 g/mol. The van der Waals surface area contributed by atoms with Crippen molar-refractivity contribution in [2.45, 2.75) is 6.04 Å². The summed E-state index contributed by atoms with van der Waals surface area (Å²) in [5.74, 6) is -1.02. The van der Waals surface area contributed by atoms with Crippen molar-refractivity contribution in [1.29, 1.82) is 0 Å². The van der Waals surface area contributed by atoms with Crippen LogP contribution in [-0.4, -0.2) is 55.4 Å². The van der Waals surface area contributed by atoms with Gasteiger partial charge in [-0.05, 0) is 31.8 Å². The van der Waals surface area contributed by atoms with E-state index in [1.54, 1.807) is 7.11 Å². The minimum absolute atomic E-state index is 0.0938.